The maximum absolute atomic E-state index is 5.21. The lowest BCUT2D eigenvalue weighted by atomic mass is 9.94. The molecule has 0 unspecified atom stereocenters. The SMILES string of the molecule is c1ccc(-c2cccc(-c3nc(-c4ccc(-c5ccccc5-c5ccccc5)cc4)nc(-c4ccc(-c5ccccc5)cc4-c4ccccc4)n3)c2)cc1. The molecule has 8 aromatic carbocycles. The Kier molecular flexibility index (Phi) is 8.94. The van der Waals surface area contributed by atoms with E-state index in [4.69, 9.17) is 15.0 Å². The van der Waals surface area contributed by atoms with Crippen molar-refractivity contribution >= 4 is 0 Å². The molecule has 0 amide bonds. The van der Waals surface area contributed by atoms with Crippen LogP contribution in [0.4, 0.5) is 0 Å². The van der Waals surface area contributed by atoms with Crippen LogP contribution in [0.5, 0.6) is 0 Å². The third kappa shape index (κ3) is 6.74. The van der Waals surface area contributed by atoms with Crippen molar-refractivity contribution in [2.75, 3.05) is 0 Å². The van der Waals surface area contributed by atoms with Gasteiger partial charge in [-0.15, -0.1) is 0 Å². The number of hydrogen-bond donors (Lipinski definition) is 0. The highest BCUT2D eigenvalue weighted by molar-refractivity contribution is 5.87. The van der Waals surface area contributed by atoms with Gasteiger partial charge in [0, 0.05) is 16.7 Å². The summed E-state index contributed by atoms with van der Waals surface area (Å²) in [6.45, 7) is 0. The Bertz CT molecular complexity index is 2670. The molecule has 1 aromatic heterocycles. The summed E-state index contributed by atoms with van der Waals surface area (Å²) >= 11 is 0. The number of rotatable bonds is 8. The van der Waals surface area contributed by atoms with E-state index in [0.717, 1.165) is 55.6 Å². The molecular formula is C51H35N3. The summed E-state index contributed by atoms with van der Waals surface area (Å²) < 4.78 is 0. The van der Waals surface area contributed by atoms with Crippen molar-refractivity contribution in [2.45, 2.75) is 0 Å². The van der Waals surface area contributed by atoms with Gasteiger partial charge in [-0.05, 0) is 73.8 Å². The molecule has 0 aliphatic rings. The van der Waals surface area contributed by atoms with Gasteiger partial charge in [0.25, 0.3) is 0 Å². The molecule has 9 aromatic rings. The van der Waals surface area contributed by atoms with Crippen molar-refractivity contribution in [1.29, 1.82) is 0 Å². The first kappa shape index (κ1) is 32.7. The van der Waals surface area contributed by atoms with Crippen molar-refractivity contribution in [3.05, 3.63) is 212 Å². The molecule has 0 fully saturated rings. The van der Waals surface area contributed by atoms with Gasteiger partial charge in [-0.2, -0.15) is 0 Å². The molecule has 0 spiro atoms. The predicted molar refractivity (Wildman–Crippen MR) is 223 cm³/mol. The molecule has 9 rings (SSSR count). The summed E-state index contributed by atoms with van der Waals surface area (Å²) in [5, 5.41) is 0. The fourth-order valence-corrected chi connectivity index (χ4v) is 7.03. The van der Waals surface area contributed by atoms with Crippen molar-refractivity contribution in [3.63, 3.8) is 0 Å². The first-order valence-electron chi connectivity index (χ1n) is 18.2. The first-order chi connectivity index (χ1) is 26.8. The smallest absolute Gasteiger partial charge is 0.164 e. The van der Waals surface area contributed by atoms with Crippen molar-refractivity contribution in [3.8, 4) is 89.8 Å². The minimum absolute atomic E-state index is 0.620. The van der Waals surface area contributed by atoms with Crippen LogP contribution >= 0.6 is 0 Å². The maximum Gasteiger partial charge on any atom is 0.164 e. The molecule has 254 valence electrons. The lowest BCUT2D eigenvalue weighted by molar-refractivity contribution is 1.07. The first-order valence-corrected chi connectivity index (χ1v) is 18.2. The number of hydrogen-bond acceptors (Lipinski definition) is 3. The fraction of sp³-hybridized carbons (Fsp3) is 0. The van der Waals surface area contributed by atoms with E-state index in [1.165, 1.54) is 16.7 Å². The Labute approximate surface area is 316 Å². The highest BCUT2D eigenvalue weighted by atomic mass is 15.0. The number of benzene rings is 8. The second kappa shape index (κ2) is 14.8. The van der Waals surface area contributed by atoms with E-state index in [0.29, 0.717) is 17.5 Å². The maximum atomic E-state index is 5.21. The molecule has 54 heavy (non-hydrogen) atoms. The molecule has 0 radical (unpaired) electrons. The molecule has 3 heteroatoms. The van der Waals surface area contributed by atoms with Crippen molar-refractivity contribution < 1.29 is 0 Å². The second-order valence-corrected chi connectivity index (χ2v) is 13.2. The Balaban J connectivity index is 1.20. The second-order valence-electron chi connectivity index (χ2n) is 13.2. The van der Waals surface area contributed by atoms with Gasteiger partial charge in [0.2, 0.25) is 0 Å². The third-order valence-corrected chi connectivity index (χ3v) is 9.78. The van der Waals surface area contributed by atoms with Crippen molar-refractivity contribution in [2.24, 2.45) is 0 Å². The Hall–Kier alpha value is -7.23. The van der Waals surface area contributed by atoms with Crippen molar-refractivity contribution in [1.82, 2.24) is 15.0 Å². The molecule has 0 aliphatic carbocycles. The van der Waals surface area contributed by atoms with Gasteiger partial charge in [0.05, 0.1) is 0 Å². The molecule has 0 saturated heterocycles. The highest BCUT2D eigenvalue weighted by Crippen LogP contribution is 2.37. The predicted octanol–water partition coefficient (Wildman–Crippen LogP) is 13.2. The van der Waals surface area contributed by atoms with Gasteiger partial charge in [-0.25, -0.2) is 15.0 Å². The van der Waals surface area contributed by atoms with Gasteiger partial charge >= 0.3 is 0 Å². The molecule has 3 nitrogen and oxygen atoms in total. The van der Waals surface area contributed by atoms with E-state index >= 15 is 0 Å². The molecule has 0 N–H and O–H groups in total. The standard InChI is InChI=1S/C51H35N3/c1-5-16-36(17-6-1)42-24-15-25-44(34-42)50-52-49(41-30-28-40(29-31-41)46-27-14-13-26-45(46)38-20-9-3-10-21-38)53-51(54-50)47-33-32-43(37-18-7-2-8-19-37)35-48(47)39-22-11-4-12-23-39/h1-35H. The Morgan fingerprint density at radius 1 is 0.185 bits per heavy atom. The largest absolute Gasteiger partial charge is 0.208 e. The van der Waals surface area contributed by atoms with Crippen LogP contribution in [0.25, 0.3) is 89.8 Å². The van der Waals surface area contributed by atoms with Crippen LogP contribution in [-0.2, 0) is 0 Å². The van der Waals surface area contributed by atoms with E-state index in [2.05, 4.69) is 194 Å². The summed E-state index contributed by atoms with van der Waals surface area (Å²) in [6.07, 6.45) is 0. The van der Waals surface area contributed by atoms with Crippen LogP contribution in [0, 0.1) is 0 Å². The lowest BCUT2D eigenvalue weighted by Crippen LogP contribution is -2.01. The zero-order valence-corrected chi connectivity index (χ0v) is 29.5. The summed E-state index contributed by atoms with van der Waals surface area (Å²) in [6, 6.07) is 74.0. The third-order valence-electron chi connectivity index (χ3n) is 9.78. The van der Waals surface area contributed by atoms with E-state index in [-0.39, 0.29) is 0 Å². The van der Waals surface area contributed by atoms with Gasteiger partial charge in [0.15, 0.2) is 17.5 Å². The number of nitrogens with zero attached hydrogens (tertiary/aromatic N) is 3. The lowest BCUT2D eigenvalue weighted by Gasteiger charge is -2.15. The van der Waals surface area contributed by atoms with E-state index in [1.54, 1.807) is 0 Å². The average Bonchev–Trinajstić information content (AvgIpc) is 3.27. The summed E-state index contributed by atoms with van der Waals surface area (Å²) in [5.74, 6) is 1.86. The van der Waals surface area contributed by atoms with Crippen LogP contribution in [0.3, 0.4) is 0 Å². The molecule has 1 heterocycles. The van der Waals surface area contributed by atoms with Gasteiger partial charge in [-0.1, -0.05) is 194 Å². The zero-order valence-electron chi connectivity index (χ0n) is 29.5. The summed E-state index contributed by atoms with van der Waals surface area (Å²) in [5.41, 5.74) is 14.2. The summed E-state index contributed by atoms with van der Waals surface area (Å²) in [4.78, 5) is 15.6. The quantitative estimate of drug-likeness (QED) is 0.159. The zero-order chi connectivity index (χ0) is 36.1. The minimum Gasteiger partial charge on any atom is -0.208 e. The molecule has 0 saturated carbocycles. The summed E-state index contributed by atoms with van der Waals surface area (Å²) in [7, 11) is 0. The molecular weight excluding hydrogens is 655 g/mol. The van der Waals surface area contributed by atoms with Gasteiger partial charge < -0.3 is 0 Å². The van der Waals surface area contributed by atoms with Crippen LogP contribution in [-0.4, -0.2) is 15.0 Å². The highest BCUT2D eigenvalue weighted by Gasteiger charge is 2.18. The molecule has 0 atom stereocenters. The average molecular weight is 690 g/mol. The Morgan fingerprint density at radius 2 is 0.556 bits per heavy atom. The van der Waals surface area contributed by atoms with E-state index in [1.807, 2.05) is 18.2 Å². The topological polar surface area (TPSA) is 38.7 Å². The Morgan fingerprint density at radius 3 is 1.13 bits per heavy atom. The van der Waals surface area contributed by atoms with E-state index in [9.17, 15) is 0 Å². The fourth-order valence-electron chi connectivity index (χ4n) is 7.03. The van der Waals surface area contributed by atoms with Crippen LogP contribution < -0.4 is 0 Å². The number of aromatic nitrogens is 3. The van der Waals surface area contributed by atoms with Crippen LogP contribution in [0.15, 0.2) is 212 Å². The molecule has 0 aliphatic heterocycles. The van der Waals surface area contributed by atoms with Crippen LogP contribution in [0.2, 0.25) is 0 Å². The minimum atomic E-state index is 0.620. The monoisotopic (exact) mass is 689 g/mol. The molecule has 0 bridgehead atoms. The van der Waals surface area contributed by atoms with Crippen LogP contribution in [0.1, 0.15) is 0 Å². The van der Waals surface area contributed by atoms with Gasteiger partial charge in [-0.3, -0.25) is 0 Å². The normalized spacial score (nSPS) is 11.0. The van der Waals surface area contributed by atoms with Gasteiger partial charge in [0.1, 0.15) is 0 Å². The van der Waals surface area contributed by atoms with E-state index < -0.39 is 0 Å².